The third kappa shape index (κ3) is 6.01. The summed E-state index contributed by atoms with van der Waals surface area (Å²) >= 11 is 0. The van der Waals surface area contributed by atoms with Crippen LogP contribution in [0.25, 0.3) is 0 Å². The molecule has 0 aliphatic carbocycles. The maximum atomic E-state index is 11.2. The van der Waals surface area contributed by atoms with Gasteiger partial charge in [-0.15, -0.1) is 0 Å². The highest BCUT2D eigenvalue weighted by atomic mass is 32.2. The Bertz CT molecular complexity index is 394. The van der Waals surface area contributed by atoms with Gasteiger partial charge in [0, 0.05) is 22.2 Å². The fraction of sp³-hybridized carbons (Fsp3) is 0.556. The largest absolute Gasteiger partial charge is 0.462 e. The molecule has 0 heterocycles. The minimum absolute atomic E-state index is 0.178. The van der Waals surface area contributed by atoms with Gasteiger partial charge in [0.05, 0.1) is 12.8 Å². The fourth-order valence-electron chi connectivity index (χ4n) is 0.676. The summed E-state index contributed by atoms with van der Waals surface area (Å²) in [7, 11) is -2.36. The highest BCUT2D eigenvalue weighted by Gasteiger charge is 2.15. The summed E-state index contributed by atoms with van der Waals surface area (Å²) in [5.74, 6) is -1.20. The smallest absolute Gasteiger partial charge is 0.343 e. The second-order valence-electron chi connectivity index (χ2n) is 3.11. The molecule has 0 aliphatic rings. The highest BCUT2D eigenvalue weighted by Crippen LogP contribution is 2.02. The van der Waals surface area contributed by atoms with Crippen LogP contribution in [0.3, 0.4) is 0 Å². The van der Waals surface area contributed by atoms with Crippen molar-refractivity contribution in [3.05, 3.63) is 11.8 Å². The number of hydrogen-bond donors (Lipinski definition) is 0. The number of carbonyl (C=O) groups is 2. The molecule has 0 unspecified atom stereocenters. The summed E-state index contributed by atoms with van der Waals surface area (Å²) in [5.41, 5.74) is -0.187. The van der Waals surface area contributed by atoms with Crippen LogP contribution in [0.15, 0.2) is 16.1 Å². The quantitative estimate of drug-likeness (QED) is 0.311. The summed E-state index contributed by atoms with van der Waals surface area (Å²) < 4.78 is 19.5. The van der Waals surface area contributed by atoms with Crippen LogP contribution < -0.4 is 0 Å². The van der Waals surface area contributed by atoms with Gasteiger partial charge in [0.15, 0.2) is 5.78 Å². The number of Topliss-reactive ketones (excluding diaryl/α,β-unsaturated/α-hetero) is 1. The Balaban J connectivity index is 5.09. The van der Waals surface area contributed by atoms with Crippen LogP contribution in [-0.2, 0) is 24.1 Å². The molecule has 0 bridgehead atoms. The summed E-state index contributed by atoms with van der Waals surface area (Å²) in [5, 5.41) is 0. The van der Waals surface area contributed by atoms with E-state index in [-0.39, 0.29) is 12.2 Å². The molecule has 0 amide bonds. The Labute approximate surface area is 89.7 Å². The maximum absolute atomic E-state index is 11.2. The fourth-order valence-corrected chi connectivity index (χ4v) is 1.04. The van der Waals surface area contributed by atoms with E-state index >= 15 is 0 Å². The van der Waals surface area contributed by atoms with Crippen LogP contribution in [0.1, 0.15) is 13.8 Å². The number of carbonyl (C=O) groups excluding carboxylic acids is 2. The van der Waals surface area contributed by atoms with E-state index in [1.807, 2.05) is 0 Å². The number of ketones is 1. The Morgan fingerprint density at radius 1 is 1.40 bits per heavy atom. The SMILES string of the molecule is CCOC(=O)/C(=C\N=S(C)(C)=O)C(C)=O. The van der Waals surface area contributed by atoms with Gasteiger partial charge in [-0.2, -0.15) is 0 Å². The topological polar surface area (TPSA) is 72.8 Å². The summed E-state index contributed by atoms with van der Waals surface area (Å²) in [4.78, 5) is 22.3. The van der Waals surface area contributed by atoms with Gasteiger partial charge < -0.3 is 4.74 Å². The lowest BCUT2D eigenvalue weighted by atomic mass is 10.2. The normalized spacial score (nSPS) is 12.1. The molecular weight excluding hydrogens is 218 g/mol. The van der Waals surface area contributed by atoms with Crippen molar-refractivity contribution in [3.63, 3.8) is 0 Å². The lowest BCUT2D eigenvalue weighted by Crippen LogP contribution is -2.13. The molecule has 0 aromatic rings. The zero-order valence-electron chi connectivity index (χ0n) is 9.27. The van der Waals surface area contributed by atoms with Crippen LogP contribution in [0.4, 0.5) is 0 Å². The number of nitrogens with zero attached hydrogens (tertiary/aromatic N) is 1. The van der Waals surface area contributed by atoms with Gasteiger partial charge in [0.25, 0.3) is 0 Å². The van der Waals surface area contributed by atoms with Gasteiger partial charge in [0.2, 0.25) is 0 Å². The van der Waals surface area contributed by atoms with Gasteiger partial charge in [-0.25, -0.2) is 13.4 Å². The lowest BCUT2D eigenvalue weighted by molar-refractivity contribution is -0.139. The lowest BCUT2D eigenvalue weighted by Gasteiger charge is -2.01. The molecule has 0 aromatic heterocycles. The van der Waals surface area contributed by atoms with E-state index in [2.05, 4.69) is 9.10 Å². The van der Waals surface area contributed by atoms with Crippen molar-refractivity contribution in [2.45, 2.75) is 13.8 Å². The Hall–Kier alpha value is -1.17. The first-order chi connectivity index (χ1) is 6.78. The van der Waals surface area contributed by atoms with E-state index in [4.69, 9.17) is 0 Å². The molecule has 0 N–H and O–H groups in total. The van der Waals surface area contributed by atoms with Gasteiger partial charge in [-0.05, 0) is 13.8 Å². The maximum Gasteiger partial charge on any atom is 0.343 e. The van der Waals surface area contributed by atoms with Crippen molar-refractivity contribution < 1.29 is 18.5 Å². The highest BCUT2D eigenvalue weighted by molar-refractivity contribution is 7.92. The minimum Gasteiger partial charge on any atom is -0.462 e. The molecule has 0 saturated heterocycles. The van der Waals surface area contributed by atoms with Gasteiger partial charge >= 0.3 is 5.97 Å². The van der Waals surface area contributed by atoms with E-state index in [1.165, 1.54) is 19.4 Å². The van der Waals surface area contributed by atoms with Crippen molar-refractivity contribution in [2.75, 3.05) is 19.1 Å². The Morgan fingerprint density at radius 3 is 2.27 bits per heavy atom. The Kier molecular flexibility index (Phi) is 5.21. The average Bonchev–Trinajstić information content (AvgIpc) is 2.01. The molecule has 0 radical (unpaired) electrons. The van der Waals surface area contributed by atoms with E-state index in [9.17, 15) is 13.8 Å². The predicted octanol–water partition coefficient (Wildman–Crippen LogP) is 0.750. The number of esters is 1. The van der Waals surface area contributed by atoms with Crippen molar-refractivity contribution in [2.24, 2.45) is 4.36 Å². The predicted molar refractivity (Wildman–Crippen MR) is 57.8 cm³/mol. The third-order valence-electron chi connectivity index (χ3n) is 1.31. The summed E-state index contributed by atoms with van der Waals surface area (Å²) in [6.07, 6.45) is 3.83. The molecule has 0 saturated carbocycles. The van der Waals surface area contributed by atoms with Crippen LogP contribution in [-0.4, -0.2) is 35.1 Å². The van der Waals surface area contributed by atoms with Crippen molar-refractivity contribution >= 4 is 21.5 Å². The first-order valence-electron chi connectivity index (χ1n) is 4.32. The van der Waals surface area contributed by atoms with Gasteiger partial charge in [-0.1, -0.05) is 0 Å². The number of hydrogen-bond acceptors (Lipinski definition) is 5. The van der Waals surface area contributed by atoms with Crippen molar-refractivity contribution in [1.29, 1.82) is 0 Å². The van der Waals surface area contributed by atoms with E-state index < -0.39 is 21.5 Å². The molecule has 5 nitrogen and oxygen atoms in total. The number of rotatable bonds is 4. The molecule has 0 aromatic carbocycles. The van der Waals surface area contributed by atoms with Crippen molar-refractivity contribution in [3.8, 4) is 0 Å². The average molecular weight is 233 g/mol. The molecule has 6 heteroatoms. The van der Waals surface area contributed by atoms with E-state index in [0.717, 1.165) is 6.20 Å². The second kappa shape index (κ2) is 5.65. The zero-order valence-corrected chi connectivity index (χ0v) is 10.1. The monoisotopic (exact) mass is 233 g/mol. The molecular formula is C9H15NO4S. The first kappa shape index (κ1) is 13.8. The molecule has 0 aliphatic heterocycles. The first-order valence-corrected chi connectivity index (χ1v) is 6.65. The van der Waals surface area contributed by atoms with E-state index in [0.29, 0.717) is 0 Å². The number of ether oxygens (including phenoxy) is 1. The molecule has 0 fully saturated rings. The van der Waals surface area contributed by atoms with Gasteiger partial charge in [-0.3, -0.25) is 4.79 Å². The van der Waals surface area contributed by atoms with Crippen LogP contribution in [0.2, 0.25) is 0 Å². The zero-order chi connectivity index (χ0) is 12.1. The molecule has 0 atom stereocenters. The molecule has 0 spiro atoms. The van der Waals surface area contributed by atoms with Crippen LogP contribution >= 0.6 is 0 Å². The standard InChI is InChI=1S/C9H15NO4S/c1-5-14-9(12)8(7(2)11)6-10-15(3,4)13/h6H,5H2,1-4H3/b8-6-. The minimum atomic E-state index is -2.36. The van der Waals surface area contributed by atoms with Gasteiger partial charge in [0.1, 0.15) is 5.57 Å². The third-order valence-corrected chi connectivity index (χ3v) is 1.92. The van der Waals surface area contributed by atoms with Crippen LogP contribution in [0.5, 0.6) is 0 Å². The van der Waals surface area contributed by atoms with Crippen LogP contribution in [0, 0.1) is 0 Å². The molecule has 0 rings (SSSR count). The van der Waals surface area contributed by atoms with E-state index in [1.54, 1.807) is 6.92 Å². The summed E-state index contributed by atoms with van der Waals surface area (Å²) in [6.45, 7) is 3.04. The molecule has 15 heavy (non-hydrogen) atoms. The summed E-state index contributed by atoms with van der Waals surface area (Å²) in [6, 6.07) is 0. The molecule has 86 valence electrons. The van der Waals surface area contributed by atoms with Crippen molar-refractivity contribution in [1.82, 2.24) is 0 Å². The second-order valence-corrected chi connectivity index (χ2v) is 5.68. The Morgan fingerprint density at radius 2 is 1.93 bits per heavy atom.